The molecule has 0 radical (unpaired) electrons. The van der Waals surface area contributed by atoms with Gasteiger partial charge in [-0.3, -0.25) is 14.9 Å². The zero-order valence-corrected chi connectivity index (χ0v) is 4.25. The molecule has 0 rings (SSSR count). The molecule has 0 aromatic rings. The first-order chi connectivity index (χ1) is 4.04. The maximum absolute atomic E-state index is 9.99. The van der Waals surface area contributed by atoms with E-state index in [9.17, 15) is 14.4 Å². The molecule has 0 bridgehead atoms. The van der Waals surface area contributed by atoms with Gasteiger partial charge in [-0.2, -0.15) is 0 Å². The van der Waals surface area contributed by atoms with Crippen LogP contribution in [0.4, 0.5) is 4.79 Å². The minimum Gasteiger partial charge on any atom is -0.465 e. The van der Waals surface area contributed by atoms with E-state index in [2.05, 4.69) is 5.73 Å². The first-order valence-corrected chi connectivity index (χ1v) is 1.87. The van der Waals surface area contributed by atoms with Gasteiger partial charge >= 0.3 is 17.9 Å². The lowest BCUT2D eigenvalue weighted by molar-refractivity contribution is -0.136. The zero-order chi connectivity index (χ0) is 7.44. The van der Waals surface area contributed by atoms with Gasteiger partial charge in [0.2, 0.25) is 0 Å². The second kappa shape index (κ2) is 2.65. The number of nitrogens with one attached hydrogen (secondary N) is 1. The molecular weight excluding hydrogens is 128 g/mol. The lowest BCUT2D eigenvalue weighted by Gasteiger charge is -1.90. The number of imide groups is 1. The van der Waals surface area contributed by atoms with Crippen molar-refractivity contribution in [1.29, 1.82) is 0 Å². The maximum atomic E-state index is 9.99. The molecular formula is C3H4N2O4. The van der Waals surface area contributed by atoms with Crippen LogP contribution in [-0.2, 0) is 9.59 Å². The molecule has 9 heavy (non-hydrogen) atoms. The van der Waals surface area contributed by atoms with E-state index in [-0.39, 0.29) is 0 Å². The standard InChI is InChI=1S/C3H4N2O4/c4-1(6)2(7)5-3(8)9/h(H2,4,6)(H,5,7)(H,8,9). The Morgan fingerprint density at radius 1 is 1.33 bits per heavy atom. The first kappa shape index (κ1) is 7.41. The molecule has 6 heteroatoms. The van der Waals surface area contributed by atoms with Crippen LogP contribution in [0.1, 0.15) is 0 Å². The molecule has 0 heterocycles. The van der Waals surface area contributed by atoms with E-state index in [0.717, 1.165) is 0 Å². The minimum atomic E-state index is -1.60. The van der Waals surface area contributed by atoms with Crippen LogP contribution in [0, 0.1) is 0 Å². The Morgan fingerprint density at radius 3 is 1.89 bits per heavy atom. The van der Waals surface area contributed by atoms with Crippen LogP contribution in [-0.4, -0.2) is 23.0 Å². The highest BCUT2D eigenvalue weighted by atomic mass is 16.4. The van der Waals surface area contributed by atoms with Gasteiger partial charge < -0.3 is 10.8 Å². The molecule has 0 spiro atoms. The molecule has 0 aromatic heterocycles. The molecule has 3 amide bonds. The number of amides is 3. The monoisotopic (exact) mass is 132 g/mol. The largest absolute Gasteiger partial charge is 0.465 e. The van der Waals surface area contributed by atoms with Crippen LogP contribution in [0.5, 0.6) is 0 Å². The second-order valence-corrected chi connectivity index (χ2v) is 1.12. The summed E-state index contributed by atoms with van der Waals surface area (Å²) < 4.78 is 0. The lowest BCUT2D eigenvalue weighted by Crippen LogP contribution is -2.38. The Morgan fingerprint density at radius 2 is 1.78 bits per heavy atom. The summed E-state index contributed by atoms with van der Waals surface area (Å²) in [6.07, 6.45) is -1.60. The number of carboxylic acid groups (broad SMARTS) is 1. The molecule has 4 N–H and O–H groups in total. The van der Waals surface area contributed by atoms with Gasteiger partial charge in [-0.25, -0.2) is 4.79 Å². The average molecular weight is 132 g/mol. The Balaban J connectivity index is 3.79. The summed E-state index contributed by atoms with van der Waals surface area (Å²) in [6.45, 7) is 0. The third kappa shape index (κ3) is 3.03. The molecule has 6 nitrogen and oxygen atoms in total. The van der Waals surface area contributed by atoms with Crippen LogP contribution in [0.2, 0.25) is 0 Å². The van der Waals surface area contributed by atoms with E-state index >= 15 is 0 Å². The van der Waals surface area contributed by atoms with Crippen LogP contribution in [0.25, 0.3) is 0 Å². The average Bonchev–Trinajstić information content (AvgIpc) is 1.63. The fourth-order valence-corrected chi connectivity index (χ4v) is 0.159. The Bertz CT molecular complexity index is 163. The maximum Gasteiger partial charge on any atom is 0.411 e. The van der Waals surface area contributed by atoms with Crippen LogP contribution < -0.4 is 11.1 Å². The predicted molar refractivity (Wildman–Crippen MR) is 25.4 cm³/mol. The third-order valence-electron chi connectivity index (χ3n) is 0.444. The summed E-state index contributed by atoms with van der Waals surface area (Å²) in [5.74, 6) is -2.65. The van der Waals surface area contributed by atoms with Gasteiger partial charge in [-0.1, -0.05) is 0 Å². The SMILES string of the molecule is NC(=O)C(=O)NC(=O)O. The molecule has 0 aliphatic rings. The summed E-state index contributed by atoms with van der Waals surface area (Å²) in [5, 5.41) is 9.04. The van der Waals surface area contributed by atoms with Gasteiger partial charge in [0.15, 0.2) is 0 Å². The van der Waals surface area contributed by atoms with Crippen molar-refractivity contribution in [1.82, 2.24) is 5.32 Å². The highest BCUT2D eigenvalue weighted by Crippen LogP contribution is 1.62. The summed E-state index contributed by atoms with van der Waals surface area (Å²) >= 11 is 0. The second-order valence-electron chi connectivity index (χ2n) is 1.12. The normalized spacial score (nSPS) is 8.00. The Hall–Kier alpha value is -1.59. The van der Waals surface area contributed by atoms with Gasteiger partial charge in [0, 0.05) is 0 Å². The molecule has 0 aromatic carbocycles. The fraction of sp³-hybridized carbons (Fsp3) is 0. The molecule has 0 fully saturated rings. The number of hydrogen-bond donors (Lipinski definition) is 3. The third-order valence-corrected chi connectivity index (χ3v) is 0.444. The topological polar surface area (TPSA) is 109 Å². The molecule has 0 atom stereocenters. The summed E-state index contributed by atoms with van der Waals surface area (Å²) in [5.41, 5.74) is 4.37. The number of nitrogens with two attached hydrogens (primary N) is 1. The molecule has 0 aliphatic carbocycles. The van der Waals surface area contributed by atoms with Crippen molar-refractivity contribution in [2.75, 3.05) is 0 Å². The molecule has 0 saturated carbocycles. The molecule has 0 aliphatic heterocycles. The van der Waals surface area contributed by atoms with Gasteiger partial charge in [0.25, 0.3) is 0 Å². The van der Waals surface area contributed by atoms with Crippen molar-refractivity contribution in [3.8, 4) is 0 Å². The quantitative estimate of drug-likeness (QED) is 0.340. The van der Waals surface area contributed by atoms with E-state index in [4.69, 9.17) is 5.11 Å². The highest BCUT2D eigenvalue weighted by molar-refractivity contribution is 6.36. The van der Waals surface area contributed by atoms with E-state index in [1.165, 1.54) is 5.32 Å². The van der Waals surface area contributed by atoms with E-state index < -0.39 is 17.9 Å². The summed E-state index contributed by atoms with van der Waals surface area (Å²) in [4.78, 5) is 29.3. The lowest BCUT2D eigenvalue weighted by atomic mass is 10.6. The van der Waals surface area contributed by atoms with Crippen LogP contribution in [0.15, 0.2) is 0 Å². The van der Waals surface area contributed by atoms with Crippen molar-refractivity contribution in [3.05, 3.63) is 0 Å². The van der Waals surface area contributed by atoms with Crippen molar-refractivity contribution < 1.29 is 19.5 Å². The van der Waals surface area contributed by atoms with E-state index in [0.29, 0.717) is 0 Å². The van der Waals surface area contributed by atoms with Crippen molar-refractivity contribution in [2.24, 2.45) is 5.73 Å². The zero-order valence-electron chi connectivity index (χ0n) is 4.25. The van der Waals surface area contributed by atoms with Gasteiger partial charge in [0.1, 0.15) is 0 Å². The van der Waals surface area contributed by atoms with Gasteiger partial charge in [-0.15, -0.1) is 0 Å². The fourth-order valence-electron chi connectivity index (χ4n) is 0.159. The Labute approximate surface area is 49.6 Å². The van der Waals surface area contributed by atoms with Crippen molar-refractivity contribution in [2.45, 2.75) is 0 Å². The first-order valence-electron chi connectivity index (χ1n) is 1.87. The molecule has 0 unspecified atom stereocenters. The number of rotatable bonds is 0. The Kier molecular flexibility index (Phi) is 2.18. The smallest absolute Gasteiger partial charge is 0.411 e. The van der Waals surface area contributed by atoms with Crippen molar-refractivity contribution in [3.63, 3.8) is 0 Å². The van der Waals surface area contributed by atoms with E-state index in [1.54, 1.807) is 0 Å². The van der Waals surface area contributed by atoms with E-state index in [1.807, 2.05) is 0 Å². The summed E-state index contributed by atoms with van der Waals surface area (Å²) in [7, 11) is 0. The highest BCUT2D eigenvalue weighted by Gasteiger charge is 2.10. The minimum absolute atomic E-state index is 1.25. The number of carbonyl (C=O) groups is 3. The number of primary amides is 1. The predicted octanol–water partition coefficient (Wildman–Crippen LogP) is -1.73. The number of hydrogen-bond acceptors (Lipinski definition) is 3. The molecule has 0 saturated heterocycles. The van der Waals surface area contributed by atoms with Crippen molar-refractivity contribution >= 4 is 17.9 Å². The number of carbonyl (C=O) groups excluding carboxylic acids is 2. The van der Waals surface area contributed by atoms with Gasteiger partial charge in [0.05, 0.1) is 0 Å². The van der Waals surface area contributed by atoms with Crippen LogP contribution in [0.3, 0.4) is 0 Å². The van der Waals surface area contributed by atoms with Gasteiger partial charge in [-0.05, 0) is 0 Å². The van der Waals surface area contributed by atoms with Crippen LogP contribution >= 0.6 is 0 Å². The molecule has 50 valence electrons. The summed E-state index contributed by atoms with van der Waals surface area (Å²) in [6, 6.07) is 0.